The largest absolute Gasteiger partial charge is 0.507 e. The Bertz CT molecular complexity index is 1500. The zero-order valence-corrected chi connectivity index (χ0v) is 23.9. The summed E-state index contributed by atoms with van der Waals surface area (Å²) >= 11 is 0. The van der Waals surface area contributed by atoms with Crippen LogP contribution in [0.4, 0.5) is 0 Å². The zero-order valence-electron chi connectivity index (χ0n) is 23.9. The van der Waals surface area contributed by atoms with Crippen molar-refractivity contribution in [2.75, 3.05) is 0 Å². The highest BCUT2D eigenvalue weighted by Gasteiger charge is 2.50. The smallest absolute Gasteiger partial charge is 0.306 e. The number of ether oxygens (including phenoxy) is 4. The number of aliphatic hydroxyl groups is 2. The maximum atomic E-state index is 13.6. The first kappa shape index (κ1) is 29.7. The van der Waals surface area contributed by atoms with Gasteiger partial charge in [0.1, 0.15) is 23.7 Å². The van der Waals surface area contributed by atoms with Crippen LogP contribution < -0.4 is 0 Å². The molecular weight excluding hydrogens is 564 g/mol. The number of benzene rings is 2. The van der Waals surface area contributed by atoms with Crippen molar-refractivity contribution in [1.29, 1.82) is 0 Å². The van der Waals surface area contributed by atoms with Gasteiger partial charge in [-0.3, -0.25) is 14.4 Å². The second kappa shape index (κ2) is 10.7. The highest BCUT2D eigenvalue weighted by Crippen LogP contribution is 2.46. The van der Waals surface area contributed by atoms with Crippen LogP contribution in [0.1, 0.15) is 89.1 Å². The summed E-state index contributed by atoms with van der Waals surface area (Å²) in [4.78, 5) is 38.3. The summed E-state index contributed by atoms with van der Waals surface area (Å²) in [6.07, 6.45) is -4.52. The molecule has 0 amide bonds. The van der Waals surface area contributed by atoms with Crippen molar-refractivity contribution in [1.82, 2.24) is 0 Å². The first-order chi connectivity index (χ1) is 20.3. The Hall–Kier alpha value is -3.39. The van der Waals surface area contributed by atoms with Crippen LogP contribution >= 0.6 is 0 Å². The van der Waals surface area contributed by atoms with Crippen molar-refractivity contribution in [3.63, 3.8) is 0 Å². The van der Waals surface area contributed by atoms with Gasteiger partial charge in [0.25, 0.3) is 0 Å². The number of carboxylic acids is 1. The summed E-state index contributed by atoms with van der Waals surface area (Å²) in [7, 11) is 0. The fourth-order valence-electron chi connectivity index (χ4n) is 6.67. The molecule has 1 aliphatic carbocycles. The molecule has 230 valence electrons. The predicted octanol–water partition coefficient (Wildman–Crippen LogP) is 2.14. The summed E-state index contributed by atoms with van der Waals surface area (Å²) in [6, 6.07) is 5.59. The predicted molar refractivity (Wildman–Crippen MR) is 146 cm³/mol. The van der Waals surface area contributed by atoms with Crippen LogP contribution in [0.25, 0.3) is 0 Å². The third-order valence-electron chi connectivity index (χ3n) is 8.83. The lowest BCUT2D eigenvalue weighted by atomic mass is 9.79. The van der Waals surface area contributed by atoms with E-state index in [-0.39, 0.29) is 40.7 Å². The average molecular weight is 599 g/mol. The van der Waals surface area contributed by atoms with Crippen molar-refractivity contribution in [3.05, 3.63) is 57.6 Å². The first-order valence-corrected chi connectivity index (χ1v) is 14.3. The second-order valence-electron chi connectivity index (χ2n) is 12.2. The fraction of sp³-hybridized carbons (Fsp3) is 0.516. The van der Waals surface area contributed by atoms with Crippen molar-refractivity contribution in [3.8, 4) is 11.5 Å². The van der Waals surface area contributed by atoms with Gasteiger partial charge >= 0.3 is 5.97 Å². The van der Waals surface area contributed by atoms with E-state index in [1.807, 2.05) is 6.92 Å². The third kappa shape index (κ3) is 5.11. The molecule has 4 aliphatic rings. The molecule has 12 heteroatoms. The van der Waals surface area contributed by atoms with E-state index in [1.165, 1.54) is 31.2 Å². The molecule has 0 aromatic heterocycles. The number of aliphatic carboxylic acids is 1. The van der Waals surface area contributed by atoms with Gasteiger partial charge in [-0.15, -0.1) is 0 Å². The molecule has 3 fully saturated rings. The Kier molecular flexibility index (Phi) is 7.35. The molecule has 9 unspecified atom stereocenters. The van der Waals surface area contributed by atoms with Gasteiger partial charge < -0.3 is 44.5 Å². The molecule has 9 atom stereocenters. The van der Waals surface area contributed by atoms with Crippen molar-refractivity contribution in [2.24, 2.45) is 0 Å². The number of rotatable bonds is 5. The van der Waals surface area contributed by atoms with E-state index in [9.17, 15) is 34.8 Å². The Morgan fingerprint density at radius 2 is 1.53 bits per heavy atom. The molecule has 0 radical (unpaired) electrons. The Labute approximate surface area is 246 Å². The van der Waals surface area contributed by atoms with E-state index in [0.29, 0.717) is 12.0 Å². The number of hydrogen-bond donors (Lipinski definition) is 5. The molecule has 5 N–H and O–H groups in total. The molecule has 3 aliphatic heterocycles. The first-order valence-electron chi connectivity index (χ1n) is 14.3. The number of carbonyl (C=O) groups excluding carboxylic acids is 2. The number of carboxylic acid groups (broad SMARTS) is 1. The number of fused-ring (bicyclic) bond motifs is 4. The van der Waals surface area contributed by atoms with Crippen LogP contribution in [-0.4, -0.2) is 91.6 Å². The quantitative estimate of drug-likeness (QED) is 0.288. The lowest BCUT2D eigenvalue weighted by Gasteiger charge is -2.50. The van der Waals surface area contributed by atoms with Gasteiger partial charge in [0.2, 0.25) is 0 Å². The Balaban J connectivity index is 1.28. The van der Waals surface area contributed by atoms with Gasteiger partial charge in [0, 0.05) is 36.0 Å². The van der Waals surface area contributed by atoms with E-state index in [2.05, 4.69) is 0 Å². The SMILES string of the molecule is CC1OC2OC3C(C)OC(c4ccc5c(c4O)C(=O)c4ccc(CC(C)(O)CC(=O)O)c(O)c4C5=O)CC3OC2CC1O. The minimum atomic E-state index is -1.71. The summed E-state index contributed by atoms with van der Waals surface area (Å²) in [5, 5.41) is 52.1. The Morgan fingerprint density at radius 3 is 2.21 bits per heavy atom. The fourth-order valence-corrected chi connectivity index (χ4v) is 6.67. The average Bonchev–Trinajstić information content (AvgIpc) is 2.91. The molecule has 3 saturated heterocycles. The van der Waals surface area contributed by atoms with Gasteiger partial charge in [0.05, 0.1) is 53.7 Å². The van der Waals surface area contributed by atoms with Gasteiger partial charge in [-0.25, -0.2) is 0 Å². The van der Waals surface area contributed by atoms with E-state index in [0.717, 1.165) is 0 Å². The standard InChI is InChI=1S/C31H34O12/c1-12-18(32)8-21-30(41-12)43-29-13(2)40-19(9-20(29)42-21)15-6-7-17-24(26(15)36)28(38)16-5-4-14(25(35)23(16)27(17)37)10-31(3,39)11-22(33)34/h4-7,12-13,18-21,29-30,32,35-36,39H,8-11H2,1-3H3,(H,33,34). The highest BCUT2D eigenvalue weighted by atomic mass is 16.7. The van der Waals surface area contributed by atoms with Crippen LogP contribution in [0.15, 0.2) is 24.3 Å². The molecule has 43 heavy (non-hydrogen) atoms. The van der Waals surface area contributed by atoms with Crippen molar-refractivity contribution in [2.45, 2.75) is 101 Å². The molecule has 12 nitrogen and oxygen atoms in total. The normalized spacial score (nSPS) is 33.0. The molecule has 2 aromatic rings. The zero-order chi connectivity index (χ0) is 31.0. The lowest BCUT2D eigenvalue weighted by molar-refractivity contribution is -0.365. The van der Waals surface area contributed by atoms with Crippen LogP contribution in [0, 0.1) is 0 Å². The number of ketones is 2. The number of carbonyl (C=O) groups is 3. The topological polar surface area (TPSA) is 189 Å². The molecular formula is C31H34O12. The molecule has 6 rings (SSSR count). The highest BCUT2D eigenvalue weighted by molar-refractivity contribution is 6.30. The lowest BCUT2D eigenvalue weighted by Crippen LogP contribution is -2.61. The second-order valence-corrected chi connectivity index (χ2v) is 12.2. The summed E-state index contributed by atoms with van der Waals surface area (Å²) in [5.74, 6) is -3.53. The maximum Gasteiger partial charge on any atom is 0.306 e. The summed E-state index contributed by atoms with van der Waals surface area (Å²) < 4.78 is 24.4. The van der Waals surface area contributed by atoms with Crippen LogP contribution in [0.2, 0.25) is 0 Å². The van der Waals surface area contributed by atoms with Crippen LogP contribution in [0.3, 0.4) is 0 Å². The van der Waals surface area contributed by atoms with E-state index >= 15 is 0 Å². The maximum absolute atomic E-state index is 13.6. The van der Waals surface area contributed by atoms with E-state index in [1.54, 1.807) is 6.92 Å². The summed E-state index contributed by atoms with van der Waals surface area (Å²) in [6.45, 7) is 4.88. The van der Waals surface area contributed by atoms with Crippen LogP contribution in [-0.2, 0) is 30.2 Å². The molecule has 3 heterocycles. The van der Waals surface area contributed by atoms with E-state index < -0.39 is 90.1 Å². The number of aromatic hydroxyl groups is 2. The van der Waals surface area contributed by atoms with Gasteiger partial charge in [-0.05, 0) is 38.5 Å². The van der Waals surface area contributed by atoms with Crippen LogP contribution in [0.5, 0.6) is 11.5 Å². The van der Waals surface area contributed by atoms with E-state index in [4.69, 9.17) is 24.1 Å². The monoisotopic (exact) mass is 598 g/mol. The number of phenolic OH excluding ortho intramolecular Hbond substituents is 2. The number of phenols is 2. The molecule has 2 aromatic carbocycles. The van der Waals surface area contributed by atoms with Gasteiger partial charge in [-0.1, -0.05) is 12.1 Å². The minimum absolute atomic E-state index is 0.104. The molecule has 0 spiro atoms. The van der Waals surface area contributed by atoms with Gasteiger partial charge in [0.15, 0.2) is 17.9 Å². The van der Waals surface area contributed by atoms with Crippen molar-refractivity contribution < 1.29 is 58.9 Å². The van der Waals surface area contributed by atoms with Gasteiger partial charge in [-0.2, -0.15) is 0 Å². The minimum Gasteiger partial charge on any atom is -0.507 e. The number of hydrogen-bond acceptors (Lipinski definition) is 11. The van der Waals surface area contributed by atoms with Crippen molar-refractivity contribution >= 4 is 17.5 Å². The molecule has 0 bridgehead atoms. The Morgan fingerprint density at radius 1 is 0.884 bits per heavy atom. The number of aliphatic hydroxyl groups excluding tert-OH is 1. The molecule has 0 saturated carbocycles. The third-order valence-corrected chi connectivity index (χ3v) is 8.83. The summed E-state index contributed by atoms with van der Waals surface area (Å²) in [5.41, 5.74) is -2.02.